The number of rotatable bonds is 5. The quantitative estimate of drug-likeness (QED) is 0.796. The number of nitrogens with zero attached hydrogens (tertiary/aromatic N) is 1. The van der Waals surface area contributed by atoms with E-state index in [1.165, 1.54) is 19.1 Å². The lowest BCUT2D eigenvalue weighted by atomic mass is 9.83. The normalized spacial score (nSPS) is 15.5. The molecule has 0 bridgehead atoms. The standard InChI is InChI=1S/C18H21N3O4/c1-13(22)20-15-7-5-6-14(10-15)17(24)25-11-16(23)21-18(12-19)8-3-2-4-9-18/h5-7,10H,2-4,8-9,11H2,1H3,(H,20,22)(H,21,23). The molecule has 0 unspecified atom stereocenters. The van der Waals surface area contributed by atoms with Gasteiger partial charge in [-0.3, -0.25) is 9.59 Å². The average molecular weight is 343 g/mol. The van der Waals surface area contributed by atoms with Gasteiger partial charge >= 0.3 is 5.97 Å². The fraction of sp³-hybridized carbons (Fsp3) is 0.444. The van der Waals surface area contributed by atoms with Gasteiger partial charge in [0.25, 0.3) is 5.91 Å². The second kappa shape index (κ2) is 8.29. The number of carbonyl (C=O) groups excluding carboxylic acids is 3. The van der Waals surface area contributed by atoms with Gasteiger partial charge in [-0.15, -0.1) is 0 Å². The highest BCUT2D eigenvalue weighted by molar-refractivity contribution is 5.94. The molecular formula is C18H21N3O4. The van der Waals surface area contributed by atoms with Gasteiger partial charge in [0.15, 0.2) is 6.61 Å². The second-order valence-electron chi connectivity index (χ2n) is 6.14. The van der Waals surface area contributed by atoms with Crippen molar-refractivity contribution < 1.29 is 19.1 Å². The number of nitrogens with one attached hydrogen (secondary N) is 2. The molecular weight excluding hydrogens is 322 g/mol. The Labute approximate surface area is 146 Å². The smallest absolute Gasteiger partial charge is 0.338 e. The highest BCUT2D eigenvalue weighted by Gasteiger charge is 2.33. The molecule has 1 aromatic carbocycles. The summed E-state index contributed by atoms with van der Waals surface area (Å²) in [4.78, 5) is 35.1. The summed E-state index contributed by atoms with van der Waals surface area (Å²) in [5.74, 6) is -1.41. The summed E-state index contributed by atoms with van der Waals surface area (Å²) >= 11 is 0. The summed E-state index contributed by atoms with van der Waals surface area (Å²) in [6.07, 6.45) is 4.07. The molecule has 1 aliphatic rings. The fourth-order valence-electron chi connectivity index (χ4n) is 2.86. The van der Waals surface area contributed by atoms with Crippen LogP contribution in [0.25, 0.3) is 0 Å². The lowest BCUT2D eigenvalue weighted by Gasteiger charge is -2.31. The van der Waals surface area contributed by atoms with E-state index in [0.29, 0.717) is 18.5 Å². The van der Waals surface area contributed by atoms with Crippen LogP contribution in [-0.2, 0) is 14.3 Å². The van der Waals surface area contributed by atoms with Crippen LogP contribution in [0.1, 0.15) is 49.4 Å². The van der Waals surface area contributed by atoms with Gasteiger partial charge in [-0.1, -0.05) is 25.3 Å². The van der Waals surface area contributed by atoms with Gasteiger partial charge in [-0.2, -0.15) is 5.26 Å². The van der Waals surface area contributed by atoms with Crippen molar-refractivity contribution in [1.82, 2.24) is 5.32 Å². The topological polar surface area (TPSA) is 108 Å². The zero-order valence-electron chi connectivity index (χ0n) is 14.1. The van der Waals surface area contributed by atoms with Crippen molar-refractivity contribution in [2.45, 2.75) is 44.6 Å². The van der Waals surface area contributed by atoms with Crippen molar-refractivity contribution in [3.8, 4) is 6.07 Å². The number of nitriles is 1. The van der Waals surface area contributed by atoms with Crippen LogP contribution in [0.15, 0.2) is 24.3 Å². The number of ether oxygens (including phenoxy) is 1. The Kier molecular flexibility index (Phi) is 6.12. The van der Waals surface area contributed by atoms with Crippen molar-refractivity contribution in [2.75, 3.05) is 11.9 Å². The molecule has 2 rings (SSSR count). The largest absolute Gasteiger partial charge is 0.452 e. The first-order valence-electron chi connectivity index (χ1n) is 8.21. The van der Waals surface area contributed by atoms with E-state index in [4.69, 9.17) is 4.74 Å². The van der Waals surface area contributed by atoms with Gasteiger partial charge in [0.2, 0.25) is 5.91 Å². The minimum Gasteiger partial charge on any atom is -0.452 e. The van der Waals surface area contributed by atoms with Crippen LogP contribution in [0.5, 0.6) is 0 Å². The molecule has 0 aliphatic heterocycles. The summed E-state index contributed by atoms with van der Waals surface area (Å²) in [5, 5.41) is 14.6. The van der Waals surface area contributed by atoms with Crippen LogP contribution < -0.4 is 10.6 Å². The molecule has 0 saturated heterocycles. The number of amides is 2. The molecule has 1 saturated carbocycles. The number of esters is 1. The van der Waals surface area contributed by atoms with Gasteiger partial charge in [-0.25, -0.2) is 4.79 Å². The Hall–Kier alpha value is -2.88. The summed E-state index contributed by atoms with van der Waals surface area (Å²) < 4.78 is 5.01. The molecule has 1 aliphatic carbocycles. The van der Waals surface area contributed by atoms with E-state index in [0.717, 1.165) is 19.3 Å². The summed E-state index contributed by atoms with van der Waals surface area (Å²) in [7, 11) is 0. The molecule has 1 fully saturated rings. The van der Waals surface area contributed by atoms with Gasteiger partial charge in [-0.05, 0) is 31.0 Å². The number of anilines is 1. The Balaban J connectivity index is 1.90. The van der Waals surface area contributed by atoms with Gasteiger partial charge < -0.3 is 15.4 Å². The monoisotopic (exact) mass is 343 g/mol. The molecule has 2 amide bonds. The molecule has 0 radical (unpaired) electrons. The predicted octanol–water partition coefficient (Wildman–Crippen LogP) is 2.14. The fourth-order valence-corrected chi connectivity index (χ4v) is 2.86. The average Bonchev–Trinajstić information content (AvgIpc) is 2.60. The van der Waals surface area contributed by atoms with Crippen LogP contribution >= 0.6 is 0 Å². The molecule has 0 heterocycles. The lowest BCUT2D eigenvalue weighted by Crippen LogP contribution is -2.50. The molecule has 132 valence electrons. The van der Waals surface area contributed by atoms with Crippen LogP contribution in [0.3, 0.4) is 0 Å². The molecule has 25 heavy (non-hydrogen) atoms. The number of carbonyl (C=O) groups is 3. The van der Waals surface area contributed by atoms with Crippen LogP contribution in [0.2, 0.25) is 0 Å². The molecule has 7 nitrogen and oxygen atoms in total. The maximum atomic E-state index is 12.0. The van der Waals surface area contributed by atoms with Crippen LogP contribution in [0, 0.1) is 11.3 Å². The third-order valence-electron chi connectivity index (χ3n) is 4.05. The van der Waals surface area contributed by atoms with Crippen molar-refractivity contribution in [3.05, 3.63) is 29.8 Å². The SMILES string of the molecule is CC(=O)Nc1cccc(C(=O)OCC(=O)NC2(C#N)CCCCC2)c1. The van der Waals surface area contributed by atoms with Gasteiger partial charge in [0.05, 0.1) is 11.6 Å². The zero-order valence-corrected chi connectivity index (χ0v) is 14.1. The van der Waals surface area contributed by atoms with Crippen molar-refractivity contribution >= 4 is 23.5 Å². The molecule has 7 heteroatoms. The predicted molar refractivity (Wildman–Crippen MR) is 90.6 cm³/mol. The summed E-state index contributed by atoms with van der Waals surface area (Å²) in [6, 6.07) is 8.43. The first-order valence-corrected chi connectivity index (χ1v) is 8.21. The lowest BCUT2D eigenvalue weighted by molar-refractivity contribution is -0.126. The number of benzene rings is 1. The highest BCUT2D eigenvalue weighted by Crippen LogP contribution is 2.27. The second-order valence-corrected chi connectivity index (χ2v) is 6.14. The Morgan fingerprint density at radius 3 is 2.60 bits per heavy atom. The van der Waals surface area contributed by atoms with Crippen molar-refractivity contribution in [3.63, 3.8) is 0 Å². The minimum absolute atomic E-state index is 0.228. The first kappa shape index (κ1) is 18.5. The minimum atomic E-state index is -0.854. The van der Waals surface area contributed by atoms with E-state index in [1.807, 2.05) is 0 Å². The third-order valence-corrected chi connectivity index (χ3v) is 4.05. The first-order chi connectivity index (χ1) is 11.9. The summed E-state index contributed by atoms with van der Waals surface area (Å²) in [6.45, 7) is 0.915. The van der Waals surface area contributed by atoms with Crippen LogP contribution in [0.4, 0.5) is 5.69 Å². The Morgan fingerprint density at radius 1 is 1.24 bits per heavy atom. The Morgan fingerprint density at radius 2 is 1.96 bits per heavy atom. The summed E-state index contributed by atoms with van der Waals surface area (Å²) in [5.41, 5.74) is -0.156. The van der Waals surface area contributed by atoms with Crippen LogP contribution in [-0.4, -0.2) is 29.9 Å². The Bertz CT molecular complexity index is 703. The number of hydrogen-bond donors (Lipinski definition) is 2. The third kappa shape index (κ3) is 5.31. The van der Waals surface area contributed by atoms with E-state index >= 15 is 0 Å². The van der Waals surface area contributed by atoms with E-state index < -0.39 is 24.0 Å². The van der Waals surface area contributed by atoms with Gasteiger partial charge in [0, 0.05) is 12.6 Å². The molecule has 0 atom stereocenters. The van der Waals surface area contributed by atoms with E-state index in [9.17, 15) is 19.6 Å². The van der Waals surface area contributed by atoms with Gasteiger partial charge in [0.1, 0.15) is 5.54 Å². The van der Waals surface area contributed by atoms with E-state index in [2.05, 4.69) is 16.7 Å². The highest BCUT2D eigenvalue weighted by atomic mass is 16.5. The number of hydrogen-bond acceptors (Lipinski definition) is 5. The van der Waals surface area contributed by atoms with Crippen molar-refractivity contribution in [1.29, 1.82) is 5.26 Å². The van der Waals surface area contributed by atoms with E-state index in [1.54, 1.807) is 12.1 Å². The molecule has 2 N–H and O–H groups in total. The maximum absolute atomic E-state index is 12.0. The molecule has 1 aromatic rings. The van der Waals surface area contributed by atoms with E-state index in [-0.39, 0.29) is 11.5 Å². The zero-order chi connectivity index (χ0) is 18.3. The maximum Gasteiger partial charge on any atom is 0.338 e. The molecule has 0 aromatic heterocycles. The molecule has 0 spiro atoms. The van der Waals surface area contributed by atoms with Crippen molar-refractivity contribution in [2.24, 2.45) is 0 Å².